The van der Waals surface area contributed by atoms with Crippen LogP contribution in [-0.2, 0) is 14.3 Å². The van der Waals surface area contributed by atoms with Gasteiger partial charge in [0, 0.05) is 6.54 Å². The van der Waals surface area contributed by atoms with Gasteiger partial charge in [0.15, 0.2) is 0 Å². The lowest BCUT2D eigenvalue weighted by atomic mass is 10.3. The monoisotopic (exact) mass is 287 g/mol. The average molecular weight is 287 g/mol. The predicted octanol–water partition coefficient (Wildman–Crippen LogP) is 1.45. The number of carbonyl (C=O) groups excluding carboxylic acids is 2. The van der Waals surface area contributed by atoms with E-state index >= 15 is 0 Å². The van der Waals surface area contributed by atoms with E-state index in [2.05, 4.69) is 15.0 Å². The van der Waals surface area contributed by atoms with Crippen LogP contribution in [-0.4, -0.2) is 31.5 Å². The molecule has 1 aliphatic rings. The number of nitrogens with one attached hydrogen (secondary N) is 1. The van der Waals surface area contributed by atoms with Gasteiger partial charge in [-0.3, -0.25) is 9.79 Å². The van der Waals surface area contributed by atoms with Gasteiger partial charge in [-0.05, 0) is 18.6 Å². The summed E-state index contributed by atoms with van der Waals surface area (Å²) in [6, 6.07) is 9.15. The van der Waals surface area contributed by atoms with Gasteiger partial charge < -0.3 is 10.1 Å². The van der Waals surface area contributed by atoms with E-state index in [-0.39, 0.29) is 11.6 Å². The minimum Gasteiger partial charge on any atom is -0.466 e. The Bertz CT molecular complexity index is 593. The summed E-state index contributed by atoms with van der Waals surface area (Å²) < 4.78 is 4.55. The molecule has 1 saturated heterocycles. The third-order valence-electron chi connectivity index (χ3n) is 2.85. The number of anilines is 1. The molecule has 21 heavy (non-hydrogen) atoms. The van der Waals surface area contributed by atoms with E-state index in [4.69, 9.17) is 0 Å². The van der Waals surface area contributed by atoms with Crippen LogP contribution in [0.25, 0.3) is 0 Å². The third kappa shape index (κ3) is 3.28. The van der Waals surface area contributed by atoms with Crippen molar-refractivity contribution in [2.75, 3.05) is 18.6 Å². The SMILES string of the molecule is CCCN=C1N/C(=C\C(=O)OC)C(=O)N1c1ccccc1. The highest BCUT2D eigenvalue weighted by Gasteiger charge is 2.33. The van der Waals surface area contributed by atoms with Crippen LogP contribution in [0, 0.1) is 0 Å². The molecule has 0 saturated carbocycles. The maximum atomic E-state index is 12.4. The molecule has 0 bridgehead atoms. The number of nitrogens with zero attached hydrogens (tertiary/aromatic N) is 2. The highest BCUT2D eigenvalue weighted by atomic mass is 16.5. The summed E-state index contributed by atoms with van der Waals surface area (Å²) in [6.45, 7) is 2.59. The van der Waals surface area contributed by atoms with Crippen molar-refractivity contribution >= 4 is 23.5 Å². The largest absolute Gasteiger partial charge is 0.466 e. The number of amides is 1. The molecule has 1 heterocycles. The topological polar surface area (TPSA) is 71.0 Å². The Kier molecular flexibility index (Phi) is 4.71. The van der Waals surface area contributed by atoms with Gasteiger partial charge in [0.05, 0.1) is 18.9 Å². The van der Waals surface area contributed by atoms with E-state index in [9.17, 15) is 9.59 Å². The summed E-state index contributed by atoms with van der Waals surface area (Å²) in [5.41, 5.74) is 0.846. The number of esters is 1. The molecule has 0 aromatic heterocycles. The zero-order chi connectivity index (χ0) is 15.2. The van der Waals surface area contributed by atoms with Gasteiger partial charge in [-0.2, -0.15) is 0 Å². The van der Waals surface area contributed by atoms with Crippen molar-refractivity contribution in [3.05, 3.63) is 42.1 Å². The first-order valence-electron chi connectivity index (χ1n) is 6.68. The van der Waals surface area contributed by atoms with Gasteiger partial charge in [0.25, 0.3) is 5.91 Å². The number of hydrogen-bond acceptors (Lipinski definition) is 4. The highest BCUT2D eigenvalue weighted by molar-refractivity contribution is 6.29. The van der Waals surface area contributed by atoms with Crippen molar-refractivity contribution in [1.82, 2.24) is 5.32 Å². The molecule has 1 aromatic rings. The Labute approximate surface area is 123 Å². The molecule has 2 rings (SSSR count). The van der Waals surface area contributed by atoms with Gasteiger partial charge in [-0.1, -0.05) is 25.1 Å². The van der Waals surface area contributed by atoms with Crippen LogP contribution in [0.2, 0.25) is 0 Å². The molecular weight excluding hydrogens is 270 g/mol. The first-order chi connectivity index (χ1) is 10.2. The van der Waals surface area contributed by atoms with E-state index in [0.29, 0.717) is 18.2 Å². The summed E-state index contributed by atoms with van der Waals surface area (Å²) in [7, 11) is 1.26. The van der Waals surface area contributed by atoms with Crippen LogP contribution in [0.1, 0.15) is 13.3 Å². The summed E-state index contributed by atoms with van der Waals surface area (Å²) in [5, 5.41) is 2.88. The number of aliphatic imine (C=N–C) groups is 1. The van der Waals surface area contributed by atoms with E-state index in [1.54, 1.807) is 0 Å². The summed E-state index contributed by atoms with van der Waals surface area (Å²) in [5.74, 6) is -0.500. The second-order valence-corrected chi connectivity index (χ2v) is 4.39. The summed E-state index contributed by atoms with van der Waals surface area (Å²) in [4.78, 5) is 29.6. The zero-order valence-electron chi connectivity index (χ0n) is 12.0. The van der Waals surface area contributed by atoms with Crippen molar-refractivity contribution < 1.29 is 14.3 Å². The Morgan fingerprint density at radius 3 is 2.71 bits per heavy atom. The van der Waals surface area contributed by atoms with Crippen LogP contribution < -0.4 is 10.2 Å². The van der Waals surface area contributed by atoms with Gasteiger partial charge >= 0.3 is 5.97 Å². The fourth-order valence-electron chi connectivity index (χ4n) is 1.87. The number of benzene rings is 1. The van der Waals surface area contributed by atoms with E-state index in [0.717, 1.165) is 12.5 Å². The Hall–Kier alpha value is -2.63. The zero-order valence-corrected chi connectivity index (χ0v) is 12.0. The van der Waals surface area contributed by atoms with Crippen molar-refractivity contribution in [3.8, 4) is 0 Å². The molecule has 1 amide bonds. The van der Waals surface area contributed by atoms with Crippen LogP contribution in [0.3, 0.4) is 0 Å². The quantitative estimate of drug-likeness (QED) is 0.672. The summed E-state index contributed by atoms with van der Waals surface area (Å²) >= 11 is 0. The molecule has 1 aromatic carbocycles. The van der Waals surface area contributed by atoms with Crippen molar-refractivity contribution in [3.63, 3.8) is 0 Å². The number of rotatable bonds is 4. The lowest BCUT2D eigenvalue weighted by molar-refractivity contribution is -0.135. The number of ether oxygens (including phenoxy) is 1. The molecule has 0 radical (unpaired) electrons. The second-order valence-electron chi connectivity index (χ2n) is 4.39. The molecule has 6 nitrogen and oxygen atoms in total. The number of carbonyl (C=O) groups is 2. The minimum absolute atomic E-state index is 0.153. The normalized spacial score (nSPS) is 18.2. The molecule has 1 fully saturated rings. The van der Waals surface area contributed by atoms with Crippen LogP contribution >= 0.6 is 0 Å². The number of guanidine groups is 1. The third-order valence-corrected chi connectivity index (χ3v) is 2.85. The first-order valence-corrected chi connectivity index (χ1v) is 6.68. The molecule has 110 valence electrons. The standard InChI is InChI=1S/C15H17N3O3/c1-3-9-16-15-17-12(10-13(19)21-2)14(20)18(15)11-7-5-4-6-8-11/h4-8,10H,3,9H2,1-2H3,(H,16,17)/b12-10-. The minimum atomic E-state index is -0.587. The van der Waals surface area contributed by atoms with E-state index in [1.807, 2.05) is 37.3 Å². The molecule has 1 aliphatic heterocycles. The lowest BCUT2D eigenvalue weighted by Gasteiger charge is -2.14. The van der Waals surface area contributed by atoms with Crippen molar-refractivity contribution in [1.29, 1.82) is 0 Å². The van der Waals surface area contributed by atoms with Crippen molar-refractivity contribution in [2.24, 2.45) is 4.99 Å². The average Bonchev–Trinajstić information content (AvgIpc) is 2.82. The van der Waals surface area contributed by atoms with Crippen LogP contribution in [0.15, 0.2) is 47.1 Å². The molecule has 0 aliphatic carbocycles. The molecule has 0 atom stereocenters. The number of methoxy groups -OCH3 is 1. The van der Waals surface area contributed by atoms with Crippen LogP contribution in [0.5, 0.6) is 0 Å². The van der Waals surface area contributed by atoms with Gasteiger partial charge in [0.2, 0.25) is 5.96 Å². The number of hydrogen-bond donors (Lipinski definition) is 1. The molecule has 0 spiro atoms. The maximum absolute atomic E-state index is 12.4. The predicted molar refractivity (Wildman–Crippen MR) is 79.8 cm³/mol. The van der Waals surface area contributed by atoms with Gasteiger partial charge in [0.1, 0.15) is 5.70 Å². The van der Waals surface area contributed by atoms with E-state index < -0.39 is 5.97 Å². The fraction of sp³-hybridized carbons (Fsp3) is 0.267. The highest BCUT2D eigenvalue weighted by Crippen LogP contribution is 2.20. The van der Waals surface area contributed by atoms with Gasteiger partial charge in [-0.15, -0.1) is 0 Å². The smallest absolute Gasteiger partial charge is 0.332 e. The van der Waals surface area contributed by atoms with Gasteiger partial charge in [-0.25, -0.2) is 9.69 Å². The second kappa shape index (κ2) is 6.69. The summed E-state index contributed by atoms with van der Waals surface area (Å²) in [6.07, 6.45) is 1.99. The fourth-order valence-corrected chi connectivity index (χ4v) is 1.87. The Morgan fingerprint density at radius 2 is 2.10 bits per heavy atom. The number of para-hydroxylation sites is 1. The molecule has 6 heteroatoms. The molecular formula is C15H17N3O3. The Balaban J connectivity index is 2.38. The first kappa shape index (κ1) is 14.8. The van der Waals surface area contributed by atoms with Crippen LogP contribution in [0.4, 0.5) is 5.69 Å². The Morgan fingerprint density at radius 1 is 1.38 bits per heavy atom. The lowest BCUT2D eigenvalue weighted by Crippen LogP contribution is -2.32. The van der Waals surface area contributed by atoms with E-state index in [1.165, 1.54) is 12.0 Å². The molecule has 1 N–H and O–H groups in total. The van der Waals surface area contributed by atoms with Crippen molar-refractivity contribution in [2.45, 2.75) is 13.3 Å². The maximum Gasteiger partial charge on any atom is 0.332 e. The molecule has 0 unspecified atom stereocenters.